The van der Waals surface area contributed by atoms with E-state index in [2.05, 4.69) is 83.2 Å². The Morgan fingerprint density at radius 3 is 1.50 bits per heavy atom. The predicted octanol–water partition coefficient (Wildman–Crippen LogP) is 12.3. The minimum absolute atomic E-state index is 0.0683. The Morgan fingerprint density at radius 2 is 1.05 bits per heavy atom. The van der Waals surface area contributed by atoms with E-state index in [1.165, 1.54) is 16.8 Å². The van der Waals surface area contributed by atoms with Gasteiger partial charge in [0, 0.05) is 80.4 Å². The Hall–Kier alpha value is -4.38. The van der Waals surface area contributed by atoms with E-state index >= 15 is 0 Å². The van der Waals surface area contributed by atoms with Crippen molar-refractivity contribution in [3.8, 4) is 0 Å². The van der Waals surface area contributed by atoms with E-state index < -0.39 is 0 Å². The van der Waals surface area contributed by atoms with Gasteiger partial charge in [-0.25, -0.2) is 9.59 Å². The summed E-state index contributed by atoms with van der Waals surface area (Å²) in [6.45, 7) is 11.7. The summed E-state index contributed by atoms with van der Waals surface area (Å²) >= 11 is 3.46. The fraction of sp³-hybridized carbons (Fsp3) is 0.500. The Labute approximate surface area is 379 Å². The highest BCUT2D eigenvalue weighted by Gasteiger charge is 2.30. The predicted molar refractivity (Wildman–Crippen MR) is 251 cm³/mol. The third-order valence-corrected chi connectivity index (χ3v) is 12.9. The normalized spacial score (nSPS) is 18.2. The highest BCUT2D eigenvalue weighted by atomic mass is 79.9. The van der Waals surface area contributed by atoms with Crippen LogP contribution < -0.4 is 4.90 Å². The van der Waals surface area contributed by atoms with Crippen molar-refractivity contribution in [1.29, 1.82) is 0 Å². The largest absolute Gasteiger partial charge is 0.445 e. The van der Waals surface area contributed by atoms with Crippen molar-refractivity contribution < 1.29 is 28.5 Å². The summed E-state index contributed by atoms with van der Waals surface area (Å²) in [7, 11) is 0. The Bertz CT molecular complexity index is 1860. The molecule has 0 aromatic heterocycles. The zero-order valence-electron chi connectivity index (χ0n) is 37.0. The summed E-state index contributed by atoms with van der Waals surface area (Å²) in [4.78, 5) is 31.2. The maximum absolute atomic E-state index is 12.7. The molecule has 334 valence electrons. The molecule has 9 nitrogen and oxygen atoms in total. The number of nitrogens with zero attached hydrogens (tertiary/aromatic N) is 3. The summed E-state index contributed by atoms with van der Waals surface area (Å²) < 4.78 is 24.5. The molecule has 62 heavy (non-hydrogen) atoms. The second kappa shape index (κ2) is 25.7. The first-order valence-corrected chi connectivity index (χ1v) is 23.9. The average molecular weight is 911 g/mol. The maximum Gasteiger partial charge on any atom is 0.410 e. The van der Waals surface area contributed by atoms with Crippen molar-refractivity contribution in [3.63, 3.8) is 0 Å². The standard InChI is InChI=1S/C33H48N2O4.C19H20BrNO2/c1-3-5-23-37-32(38-24-6-4-2)29-18-21-34(22-19-29)31-16-14-28(15-17-31)30-13-10-20-35(25-30)33(36)39-26-27-11-8-7-9-12-27;20-18-10-8-16(9-11-18)17-7-4-12-21(13-17)19(22)23-14-15-5-2-1-3-6-15/h7-9,11-12,14-17,29-30,32H,3-6,10,13,18-26H2,1-2H3;1-3,5-6,8-11,17H,4,7,12-14H2/t30-;17-/m00/s1. The van der Waals surface area contributed by atoms with E-state index in [0.717, 1.165) is 132 Å². The molecule has 3 fully saturated rings. The molecule has 0 bridgehead atoms. The second-order valence-corrected chi connectivity index (χ2v) is 17.9. The molecule has 0 saturated carbocycles. The van der Waals surface area contributed by atoms with Gasteiger partial charge in [0.25, 0.3) is 0 Å². The van der Waals surface area contributed by atoms with Gasteiger partial charge in [0.1, 0.15) is 13.2 Å². The summed E-state index contributed by atoms with van der Waals surface area (Å²) in [5.74, 6) is 1.20. The van der Waals surface area contributed by atoms with Crippen LogP contribution in [0, 0.1) is 5.92 Å². The molecule has 0 N–H and O–H groups in total. The molecular weight excluding hydrogens is 842 g/mol. The first-order chi connectivity index (χ1) is 30.4. The molecule has 0 radical (unpaired) electrons. The lowest BCUT2D eigenvalue weighted by Gasteiger charge is -2.37. The highest BCUT2D eigenvalue weighted by molar-refractivity contribution is 9.10. The lowest BCUT2D eigenvalue weighted by Crippen LogP contribution is -2.40. The van der Waals surface area contributed by atoms with Crippen LogP contribution >= 0.6 is 15.9 Å². The van der Waals surface area contributed by atoms with Gasteiger partial charge in [-0.3, -0.25) is 0 Å². The quantitative estimate of drug-likeness (QED) is 0.0818. The van der Waals surface area contributed by atoms with Crippen LogP contribution in [0.5, 0.6) is 0 Å². The number of unbranched alkanes of at least 4 members (excludes halogenated alkanes) is 2. The number of carbonyl (C=O) groups excluding carboxylic acids is 2. The number of halogens is 1. The minimum atomic E-state index is -0.212. The molecule has 4 aromatic rings. The van der Waals surface area contributed by atoms with Crippen LogP contribution in [-0.2, 0) is 32.2 Å². The Balaban J connectivity index is 0.000000236. The van der Waals surface area contributed by atoms with Gasteiger partial charge in [-0.2, -0.15) is 0 Å². The first kappa shape index (κ1) is 47.1. The van der Waals surface area contributed by atoms with Gasteiger partial charge in [0.15, 0.2) is 6.29 Å². The number of carbonyl (C=O) groups is 2. The van der Waals surface area contributed by atoms with Crippen molar-refractivity contribution >= 4 is 33.8 Å². The summed E-state index contributed by atoms with van der Waals surface area (Å²) in [6, 6.07) is 37.1. The number of anilines is 1. The van der Waals surface area contributed by atoms with Gasteiger partial charge in [-0.05, 0) is 97.9 Å². The van der Waals surface area contributed by atoms with Gasteiger partial charge in [-0.15, -0.1) is 0 Å². The molecule has 3 aliphatic heterocycles. The van der Waals surface area contributed by atoms with Gasteiger partial charge in [0.2, 0.25) is 0 Å². The molecule has 3 aliphatic rings. The smallest absolute Gasteiger partial charge is 0.410 e. The van der Waals surface area contributed by atoms with E-state index in [0.29, 0.717) is 31.0 Å². The number of piperidine rings is 3. The number of hydrogen-bond donors (Lipinski definition) is 0. The molecule has 2 atom stereocenters. The van der Waals surface area contributed by atoms with E-state index in [-0.39, 0.29) is 18.5 Å². The lowest BCUT2D eigenvalue weighted by molar-refractivity contribution is -0.177. The number of benzene rings is 4. The fourth-order valence-corrected chi connectivity index (χ4v) is 8.85. The molecule has 3 heterocycles. The van der Waals surface area contributed by atoms with E-state index in [1.807, 2.05) is 70.5 Å². The van der Waals surface area contributed by atoms with Crippen molar-refractivity contribution in [2.24, 2.45) is 5.92 Å². The number of likely N-dealkylation sites (tertiary alicyclic amines) is 2. The molecule has 0 aliphatic carbocycles. The number of rotatable bonds is 16. The van der Waals surface area contributed by atoms with Crippen LogP contribution in [0.1, 0.15) is 112 Å². The topological polar surface area (TPSA) is 80.8 Å². The van der Waals surface area contributed by atoms with Gasteiger partial charge < -0.3 is 33.6 Å². The summed E-state index contributed by atoms with van der Waals surface area (Å²) in [5, 5.41) is 0. The molecule has 4 aromatic carbocycles. The summed E-state index contributed by atoms with van der Waals surface area (Å²) in [6.07, 6.45) is 10.4. The zero-order chi connectivity index (χ0) is 43.4. The van der Waals surface area contributed by atoms with Gasteiger partial charge in [-0.1, -0.05) is 128 Å². The Morgan fingerprint density at radius 1 is 0.597 bits per heavy atom. The van der Waals surface area contributed by atoms with Crippen LogP contribution in [-0.4, -0.2) is 80.8 Å². The SMILES string of the molecule is CCCCOC(OCCCC)C1CCN(c2ccc([C@H]3CCCN(C(=O)OCc4ccccc4)C3)cc2)CC1.O=C(OCc1ccccc1)N1CCC[C@H](c2ccc(Br)cc2)C1. The van der Waals surface area contributed by atoms with Crippen molar-refractivity contribution in [2.45, 2.75) is 109 Å². The molecule has 0 unspecified atom stereocenters. The van der Waals surface area contributed by atoms with Crippen LogP contribution in [0.15, 0.2) is 114 Å². The Kier molecular flexibility index (Phi) is 19.5. The summed E-state index contributed by atoms with van der Waals surface area (Å²) in [5.41, 5.74) is 5.91. The van der Waals surface area contributed by atoms with Gasteiger partial charge >= 0.3 is 12.2 Å². The van der Waals surface area contributed by atoms with Crippen molar-refractivity contribution in [3.05, 3.63) is 136 Å². The van der Waals surface area contributed by atoms with Crippen LogP contribution in [0.25, 0.3) is 0 Å². The van der Waals surface area contributed by atoms with Crippen molar-refractivity contribution in [2.75, 3.05) is 57.4 Å². The molecule has 7 rings (SSSR count). The highest BCUT2D eigenvalue weighted by Crippen LogP contribution is 2.32. The first-order valence-electron chi connectivity index (χ1n) is 23.1. The number of ether oxygens (including phenoxy) is 4. The van der Waals surface area contributed by atoms with Crippen LogP contribution in [0.4, 0.5) is 15.3 Å². The number of hydrogen-bond acceptors (Lipinski definition) is 7. The lowest BCUT2D eigenvalue weighted by atomic mass is 9.90. The van der Waals surface area contributed by atoms with E-state index in [9.17, 15) is 9.59 Å². The van der Waals surface area contributed by atoms with Gasteiger partial charge in [0.05, 0.1) is 0 Å². The second-order valence-electron chi connectivity index (χ2n) is 16.9. The fourth-order valence-electron chi connectivity index (χ4n) is 8.58. The molecular formula is C52H68BrN3O6. The number of amides is 2. The maximum atomic E-state index is 12.7. The third kappa shape index (κ3) is 14.9. The zero-order valence-corrected chi connectivity index (χ0v) is 38.6. The van der Waals surface area contributed by atoms with Crippen LogP contribution in [0.2, 0.25) is 0 Å². The molecule has 2 amide bonds. The van der Waals surface area contributed by atoms with E-state index in [4.69, 9.17) is 18.9 Å². The van der Waals surface area contributed by atoms with E-state index in [1.54, 1.807) is 0 Å². The van der Waals surface area contributed by atoms with Crippen molar-refractivity contribution in [1.82, 2.24) is 9.80 Å². The minimum Gasteiger partial charge on any atom is -0.445 e. The molecule has 0 spiro atoms. The third-order valence-electron chi connectivity index (χ3n) is 12.3. The average Bonchev–Trinajstić information content (AvgIpc) is 3.33. The molecule has 3 saturated heterocycles. The van der Waals surface area contributed by atoms with Crippen LogP contribution in [0.3, 0.4) is 0 Å². The monoisotopic (exact) mass is 909 g/mol. The molecule has 10 heteroatoms.